The largest absolute Gasteiger partial charge is 0.450 e. The number of nitrogens with one attached hydrogen (secondary N) is 3. The lowest BCUT2D eigenvalue weighted by molar-refractivity contribution is -0.143. The van der Waals surface area contributed by atoms with Crippen LogP contribution in [0.3, 0.4) is 0 Å². The average Bonchev–Trinajstić information content (AvgIpc) is 4.01. The van der Waals surface area contributed by atoms with Gasteiger partial charge in [-0.3, -0.25) is 19.1 Å². The predicted molar refractivity (Wildman–Crippen MR) is 212 cm³/mol. The quantitative estimate of drug-likeness (QED) is 0.328. The molecular formula is C43H58N4O8S. The Bertz CT molecular complexity index is 1970. The molecule has 4 fully saturated rings. The lowest BCUT2D eigenvalue weighted by Gasteiger charge is -2.36. The number of rotatable bonds is 7. The standard InChI is InChI=1S/C43H58N4O8S/c1-40(2,3)35-37(49)47-26-42(54-6,25-34(47)36(48)45-43(24-33(43)29-13-14-29)38(50)46-56(52,53)31-19-20-31)30-17-15-28(16-18-30)32-12-8-7-10-27(32)11-9-21-41(4,5)22-23-55-39(51)44-35/h7-8,10,12,15-18,29,31,33-35H,9,11,13-14,19-26H2,1-6H3,(H,44,51)(H,45,48)(H,46,50)/t33-,34-,35+,42-,43+/m0/s1. The number of fused-ring (bicyclic) bond motifs is 12. The minimum atomic E-state index is -3.86. The van der Waals surface area contributed by atoms with Gasteiger partial charge in [-0.1, -0.05) is 83.1 Å². The first-order valence-corrected chi connectivity index (χ1v) is 21.8. The first kappa shape index (κ1) is 40.2. The summed E-state index contributed by atoms with van der Waals surface area (Å²) in [4.78, 5) is 58.2. The molecule has 56 heavy (non-hydrogen) atoms. The molecule has 0 spiro atoms. The van der Waals surface area contributed by atoms with Gasteiger partial charge < -0.3 is 25.0 Å². The van der Waals surface area contributed by atoms with Crippen LogP contribution in [-0.2, 0) is 45.9 Å². The van der Waals surface area contributed by atoms with Crippen LogP contribution >= 0.6 is 0 Å². The summed E-state index contributed by atoms with van der Waals surface area (Å²) in [6.07, 6.45) is 5.89. The second-order valence-corrected chi connectivity index (χ2v) is 20.7. The van der Waals surface area contributed by atoms with Crippen molar-refractivity contribution in [3.05, 3.63) is 59.7 Å². The third-order valence-corrected chi connectivity index (χ3v) is 14.7. The molecule has 4 bridgehead atoms. The molecule has 0 radical (unpaired) electrons. The van der Waals surface area contributed by atoms with Crippen LogP contribution in [0.5, 0.6) is 0 Å². The van der Waals surface area contributed by atoms with Crippen LogP contribution < -0.4 is 15.4 Å². The average molecular weight is 791 g/mol. The van der Waals surface area contributed by atoms with Crippen LogP contribution in [-0.4, -0.2) is 80.3 Å². The first-order chi connectivity index (χ1) is 26.4. The Kier molecular flexibility index (Phi) is 10.6. The number of carbonyl (C=O) groups excluding carboxylic acids is 4. The highest BCUT2D eigenvalue weighted by Gasteiger charge is 2.67. The van der Waals surface area contributed by atoms with Crippen molar-refractivity contribution in [2.24, 2.45) is 22.7 Å². The number of nitrogens with zero attached hydrogens (tertiary/aromatic N) is 1. The Labute approximate surface area is 331 Å². The molecule has 3 saturated carbocycles. The maximum Gasteiger partial charge on any atom is 0.407 e. The summed E-state index contributed by atoms with van der Waals surface area (Å²) in [7, 11) is -2.30. The monoisotopic (exact) mass is 790 g/mol. The summed E-state index contributed by atoms with van der Waals surface area (Å²) < 4.78 is 40.1. The number of alkyl carbamates (subject to hydrolysis) is 1. The van der Waals surface area contributed by atoms with E-state index in [-0.39, 0.29) is 36.8 Å². The minimum absolute atomic E-state index is 0.00480. The fourth-order valence-corrected chi connectivity index (χ4v) is 10.2. The number of methoxy groups -OCH3 is 1. The van der Waals surface area contributed by atoms with Crippen LogP contribution in [0.2, 0.25) is 0 Å². The molecule has 4 amide bonds. The van der Waals surface area contributed by atoms with E-state index in [2.05, 4.69) is 59.5 Å². The number of hydrogen-bond acceptors (Lipinski definition) is 8. The number of aryl methyl sites for hydroxylation is 1. The number of amides is 4. The van der Waals surface area contributed by atoms with Gasteiger partial charge in [0.1, 0.15) is 23.2 Å². The van der Waals surface area contributed by atoms with Gasteiger partial charge in [0.2, 0.25) is 21.8 Å². The number of hydrogen-bond donors (Lipinski definition) is 3. The molecule has 0 unspecified atom stereocenters. The maximum absolute atomic E-state index is 14.9. The third kappa shape index (κ3) is 8.21. The molecule has 3 aliphatic heterocycles. The van der Waals surface area contributed by atoms with E-state index in [0.29, 0.717) is 25.7 Å². The Hall–Kier alpha value is -3.97. The van der Waals surface area contributed by atoms with E-state index in [9.17, 15) is 27.6 Å². The van der Waals surface area contributed by atoms with Gasteiger partial charge >= 0.3 is 6.09 Å². The van der Waals surface area contributed by atoms with Crippen molar-refractivity contribution >= 4 is 33.8 Å². The van der Waals surface area contributed by atoms with Gasteiger partial charge in [0.25, 0.3) is 5.91 Å². The van der Waals surface area contributed by atoms with E-state index in [0.717, 1.165) is 48.8 Å². The van der Waals surface area contributed by atoms with Gasteiger partial charge in [-0.2, -0.15) is 0 Å². The third-order valence-electron chi connectivity index (χ3n) is 12.9. The summed E-state index contributed by atoms with van der Waals surface area (Å²) in [5.41, 5.74) is 0.795. The van der Waals surface area contributed by atoms with Gasteiger partial charge in [-0.25, -0.2) is 13.2 Å². The van der Waals surface area contributed by atoms with Crippen molar-refractivity contribution in [2.45, 2.75) is 127 Å². The molecule has 5 atom stereocenters. The topological polar surface area (TPSA) is 160 Å². The van der Waals surface area contributed by atoms with Crippen molar-refractivity contribution in [1.29, 1.82) is 0 Å². The van der Waals surface area contributed by atoms with Crippen LogP contribution in [0.25, 0.3) is 11.1 Å². The zero-order chi connectivity index (χ0) is 40.3. The van der Waals surface area contributed by atoms with Gasteiger partial charge in [0.15, 0.2) is 0 Å². The highest BCUT2D eigenvalue weighted by molar-refractivity contribution is 7.91. The molecule has 12 nitrogen and oxygen atoms in total. The van der Waals surface area contributed by atoms with Crippen molar-refractivity contribution in [1.82, 2.24) is 20.3 Å². The number of sulfonamides is 1. The molecule has 2 aromatic carbocycles. The van der Waals surface area contributed by atoms with E-state index in [1.165, 1.54) is 10.5 Å². The molecule has 3 aliphatic carbocycles. The van der Waals surface area contributed by atoms with Gasteiger partial charge in [0, 0.05) is 13.5 Å². The second kappa shape index (κ2) is 14.8. The summed E-state index contributed by atoms with van der Waals surface area (Å²) in [6.45, 7) is 10.0. The predicted octanol–water partition coefficient (Wildman–Crippen LogP) is 5.58. The maximum atomic E-state index is 14.9. The fourth-order valence-electron chi connectivity index (χ4n) is 8.87. The summed E-state index contributed by atoms with van der Waals surface area (Å²) >= 11 is 0. The summed E-state index contributed by atoms with van der Waals surface area (Å²) in [5, 5.41) is 5.22. The molecule has 2 aromatic rings. The molecule has 3 heterocycles. The number of benzene rings is 2. The zero-order valence-corrected chi connectivity index (χ0v) is 34.4. The molecule has 0 aromatic heterocycles. The van der Waals surface area contributed by atoms with E-state index in [1.807, 2.05) is 39.0 Å². The van der Waals surface area contributed by atoms with E-state index in [4.69, 9.17) is 9.47 Å². The molecule has 304 valence electrons. The molecule has 8 rings (SSSR count). The van der Waals surface area contributed by atoms with Crippen molar-refractivity contribution in [2.75, 3.05) is 20.3 Å². The normalized spacial score (nSPS) is 29.8. The number of carbonyl (C=O) groups is 4. The van der Waals surface area contributed by atoms with Gasteiger partial charge in [-0.05, 0) is 103 Å². The second-order valence-electron chi connectivity index (χ2n) is 18.8. The smallest absolute Gasteiger partial charge is 0.407 e. The Morgan fingerprint density at radius 1 is 0.964 bits per heavy atom. The SMILES string of the molecule is CO[C@@]12C[C@@H](C(=O)N[C@]3(C(=O)NS(=O)(=O)C4CC4)C[C@H]3C3CC3)N(C1)C(=O)[C@H](C(C)(C)C)NC(=O)OCCC(C)(C)CCCc1ccccc1-c1ccc2cc1. The Morgan fingerprint density at radius 2 is 1.66 bits per heavy atom. The molecule has 1 saturated heterocycles. The van der Waals surface area contributed by atoms with Crippen LogP contribution in [0, 0.1) is 22.7 Å². The van der Waals surface area contributed by atoms with Crippen molar-refractivity contribution in [3.8, 4) is 11.1 Å². The van der Waals surface area contributed by atoms with Crippen LogP contribution in [0.1, 0.15) is 104 Å². The van der Waals surface area contributed by atoms with Crippen molar-refractivity contribution in [3.63, 3.8) is 0 Å². The van der Waals surface area contributed by atoms with E-state index >= 15 is 0 Å². The van der Waals surface area contributed by atoms with Gasteiger partial charge in [-0.15, -0.1) is 0 Å². The number of ether oxygens (including phenoxy) is 2. The molecule has 13 heteroatoms. The van der Waals surface area contributed by atoms with Gasteiger partial charge in [0.05, 0.1) is 18.4 Å². The highest BCUT2D eigenvalue weighted by atomic mass is 32.2. The summed E-state index contributed by atoms with van der Waals surface area (Å²) in [6, 6.07) is 14.3. The lowest BCUT2D eigenvalue weighted by atomic mass is 9.83. The van der Waals surface area contributed by atoms with Crippen LogP contribution in [0.4, 0.5) is 4.79 Å². The first-order valence-electron chi connectivity index (χ1n) is 20.2. The van der Waals surface area contributed by atoms with Crippen molar-refractivity contribution < 1.29 is 37.1 Å². The van der Waals surface area contributed by atoms with Crippen LogP contribution in [0.15, 0.2) is 48.5 Å². The molecule has 6 aliphatic rings. The molecule has 3 N–H and O–H groups in total. The zero-order valence-electron chi connectivity index (χ0n) is 33.6. The summed E-state index contributed by atoms with van der Waals surface area (Å²) in [5.74, 6) is -1.76. The lowest BCUT2D eigenvalue weighted by Crippen LogP contribution is -2.60. The van der Waals surface area contributed by atoms with E-state index in [1.54, 1.807) is 7.11 Å². The highest BCUT2D eigenvalue weighted by Crippen LogP contribution is 2.57. The minimum Gasteiger partial charge on any atom is -0.450 e. The molecular weight excluding hydrogens is 733 g/mol. The Morgan fingerprint density at radius 3 is 2.30 bits per heavy atom. The fraction of sp³-hybridized carbons (Fsp3) is 0.628. The van der Waals surface area contributed by atoms with E-state index < -0.39 is 67.7 Å². The Balaban J connectivity index is 1.25.